The van der Waals surface area contributed by atoms with Gasteiger partial charge in [0.15, 0.2) is 0 Å². The van der Waals surface area contributed by atoms with Crippen LogP contribution in [0.1, 0.15) is 24.0 Å². The molecule has 1 aliphatic carbocycles. The Labute approximate surface area is 110 Å². The van der Waals surface area contributed by atoms with Crippen LogP contribution in [0.15, 0.2) is 12.3 Å². The van der Waals surface area contributed by atoms with Gasteiger partial charge in [0.05, 0.1) is 0 Å². The molecule has 0 saturated heterocycles. The van der Waals surface area contributed by atoms with E-state index in [-0.39, 0.29) is 6.04 Å². The van der Waals surface area contributed by atoms with E-state index in [1.165, 1.54) is 4.90 Å². The standard InChI is InChI=1S/C13H18F3N3/c1-9-5-10(6-17-2)7-18-12(9)19(11-3-4-11)8-13(14,15)16/h5,7,11,17H,3-4,6,8H2,1-2H3. The highest BCUT2D eigenvalue weighted by Crippen LogP contribution is 2.34. The number of nitrogens with zero attached hydrogens (tertiary/aromatic N) is 2. The summed E-state index contributed by atoms with van der Waals surface area (Å²) in [4.78, 5) is 5.62. The van der Waals surface area contributed by atoms with E-state index in [4.69, 9.17) is 0 Å². The van der Waals surface area contributed by atoms with E-state index in [0.717, 1.165) is 24.0 Å². The molecular weight excluding hydrogens is 255 g/mol. The topological polar surface area (TPSA) is 28.2 Å². The number of hydrogen-bond donors (Lipinski definition) is 1. The molecule has 0 bridgehead atoms. The van der Waals surface area contributed by atoms with Crippen LogP contribution < -0.4 is 10.2 Å². The summed E-state index contributed by atoms with van der Waals surface area (Å²) in [5.41, 5.74) is 1.77. The summed E-state index contributed by atoms with van der Waals surface area (Å²) < 4.78 is 37.9. The number of alkyl halides is 3. The first-order valence-corrected chi connectivity index (χ1v) is 6.34. The second-order valence-electron chi connectivity index (χ2n) is 4.99. The van der Waals surface area contributed by atoms with Crippen molar-refractivity contribution in [3.63, 3.8) is 0 Å². The lowest BCUT2D eigenvalue weighted by molar-refractivity contribution is -0.120. The van der Waals surface area contributed by atoms with Crippen LogP contribution in [0.2, 0.25) is 0 Å². The van der Waals surface area contributed by atoms with Crippen molar-refractivity contribution in [2.24, 2.45) is 0 Å². The van der Waals surface area contributed by atoms with E-state index in [2.05, 4.69) is 10.3 Å². The lowest BCUT2D eigenvalue weighted by Gasteiger charge is -2.26. The average molecular weight is 273 g/mol. The Morgan fingerprint density at radius 1 is 1.42 bits per heavy atom. The highest BCUT2D eigenvalue weighted by Gasteiger charge is 2.39. The molecule has 2 rings (SSSR count). The van der Waals surface area contributed by atoms with E-state index in [0.29, 0.717) is 12.4 Å². The molecule has 0 aromatic carbocycles. The summed E-state index contributed by atoms with van der Waals surface area (Å²) in [7, 11) is 1.82. The fourth-order valence-corrected chi connectivity index (χ4v) is 2.18. The van der Waals surface area contributed by atoms with Crippen LogP contribution >= 0.6 is 0 Å². The van der Waals surface area contributed by atoms with Crippen LogP contribution in [0.4, 0.5) is 19.0 Å². The van der Waals surface area contributed by atoms with Gasteiger partial charge in [0.1, 0.15) is 12.4 Å². The van der Waals surface area contributed by atoms with Gasteiger partial charge in [0, 0.05) is 18.8 Å². The van der Waals surface area contributed by atoms with Crippen molar-refractivity contribution in [3.05, 3.63) is 23.4 Å². The molecule has 6 heteroatoms. The fraction of sp³-hybridized carbons (Fsp3) is 0.615. The maximum Gasteiger partial charge on any atom is 0.405 e. The summed E-state index contributed by atoms with van der Waals surface area (Å²) in [6, 6.07) is 1.88. The normalized spacial score (nSPS) is 15.6. The molecule has 1 N–H and O–H groups in total. The Morgan fingerprint density at radius 3 is 2.58 bits per heavy atom. The van der Waals surface area contributed by atoms with Gasteiger partial charge >= 0.3 is 6.18 Å². The average Bonchev–Trinajstić information content (AvgIpc) is 3.09. The molecule has 1 heterocycles. The molecule has 106 valence electrons. The molecule has 1 saturated carbocycles. The molecule has 0 spiro atoms. The molecule has 1 fully saturated rings. The zero-order valence-corrected chi connectivity index (χ0v) is 11.1. The van der Waals surface area contributed by atoms with Crippen LogP contribution in [0, 0.1) is 6.92 Å². The van der Waals surface area contributed by atoms with E-state index >= 15 is 0 Å². The van der Waals surface area contributed by atoms with Crippen molar-refractivity contribution in [1.82, 2.24) is 10.3 Å². The number of aromatic nitrogens is 1. The number of pyridine rings is 1. The van der Waals surface area contributed by atoms with Gasteiger partial charge < -0.3 is 10.2 Å². The maximum absolute atomic E-state index is 12.6. The van der Waals surface area contributed by atoms with Crippen molar-refractivity contribution < 1.29 is 13.2 Å². The SMILES string of the molecule is CNCc1cnc(N(CC(F)(F)F)C2CC2)c(C)c1. The van der Waals surface area contributed by atoms with Crippen LogP contribution in [-0.2, 0) is 6.54 Å². The molecule has 1 aromatic heterocycles. The maximum atomic E-state index is 12.6. The van der Waals surface area contributed by atoms with Gasteiger partial charge in [-0.1, -0.05) is 0 Å². The molecule has 0 radical (unpaired) electrons. The predicted molar refractivity (Wildman–Crippen MR) is 68.2 cm³/mol. The zero-order valence-electron chi connectivity index (χ0n) is 11.1. The summed E-state index contributed by atoms with van der Waals surface area (Å²) >= 11 is 0. The van der Waals surface area contributed by atoms with Crippen molar-refractivity contribution in [2.45, 2.75) is 38.5 Å². The monoisotopic (exact) mass is 273 g/mol. The quantitative estimate of drug-likeness (QED) is 0.894. The Balaban J connectivity index is 2.21. The number of halogens is 3. The molecule has 0 atom stereocenters. The number of nitrogens with one attached hydrogen (secondary N) is 1. The van der Waals surface area contributed by atoms with Gasteiger partial charge in [0.2, 0.25) is 0 Å². The minimum atomic E-state index is -4.19. The minimum Gasteiger partial charge on any atom is -0.344 e. The second kappa shape index (κ2) is 5.36. The number of hydrogen-bond acceptors (Lipinski definition) is 3. The van der Waals surface area contributed by atoms with Crippen molar-refractivity contribution in [2.75, 3.05) is 18.5 Å². The first kappa shape index (κ1) is 14.1. The lowest BCUT2D eigenvalue weighted by atomic mass is 10.2. The predicted octanol–water partition coefficient (Wildman–Crippen LogP) is 2.64. The first-order chi connectivity index (χ1) is 8.90. The Kier molecular flexibility index (Phi) is 3.99. The second-order valence-corrected chi connectivity index (χ2v) is 4.99. The third-order valence-electron chi connectivity index (χ3n) is 3.10. The Morgan fingerprint density at radius 2 is 2.11 bits per heavy atom. The smallest absolute Gasteiger partial charge is 0.344 e. The number of anilines is 1. The van der Waals surface area contributed by atoms with Gasteiger partial charge in [-0.15, -0.1) is 0 Å². The van der Waals surface area contributed by atoms with Crippen LogP contribution in [-0.4, -0.2) is 30.8 Å². The number of rotatable bonds is 5. The molecular formula is C13H18F3N3. The van der Waals surface area contributed by atoms with Gasteiger partial charge in [-0.2, -0.15) is 13.2 Å². The molecule has 19 heavy (non-hydrogen) atoms. The largest absolute Gasteiger partial charge is 0.405 e. The van der Waals surface area contributed by atoms with Gasteiger partial charge in [-0.3, -0.25) is 0 Å². The summed E-state index contributed by atoms with van der Waals surface area (Å²) in [6.07, 6.45) is -0.921. The Bertz CT molecular complexity index is 441. The molecule has 1 aromatic rings. The van der Waals surface area contributed by atoms with E-state index in [1.807, 2.05) is 20.0 Å². The molecule has 0 aliphatic heterocycles. The van der Waals surface area contributed by atoms with E-state index < -0.39 is 12.7 Å². The third-order valence-corrected chi connectivity index (χ3v) is 3.10. The number of aryl methyl sites for hydroxylation is 1. The summed E-state index contributed by atoms with van der Waals surface area (Å²) in [5, 5.41) is 3.00. The van der Waals surface area contributed by atoms with Gasteiger partial charge in [-0.25, -0.2) is 4.98 Å². The van der Waals surface area contributed by atoms with Crippen molar-refractivity contribution >= 4 is 5.82 Å². The van der Waals surface area contributed by atoms with Gasteiger partial charge in [0.25, 0.3) is 0 Å². The van der Waals surface area contributed by atoms with Crippen LogP contribution in [0.3, 0.4) is 0 Å². The highest BCUT2D eigenvalue weighted by molar-refractivity contribution is 5.49. The Hall–Kier alpha value is -1.30. The van der Waals surface area contributed by atoms with Gasteiger partial charge in [-0.05, 0) is 44.0 Å². The minimum absolute atomic E-state index is 0.0111. The van der Waals surface area contributed by atoms with Crippen LogP contribution in [0.25, 0.3) is 0 Å². The molecule has 3 nitrogen and oxygen atoms in total. The van der Waals surface area contributed by atoms with E-state index in [1.54, 1.807) is 6.20 Å². The molecule has 0 unspecified atom stereocenters. The molecule has 1 aliphatic rings. The summed E-state index contributed by atoms with van der Waals surface area (Å²) in [5.74, 6) is 0.458. The third kappa shape index (κ3) is 3.83. The molecule has 0 amide bonds. The van der Waals surface area contributed by atoms with E-state index in [9.17, 15) is 13.2 Å². The highest BCUT2D eigenvalue weighted by atomic mass is 19.4. The zero-order chi connectivity index (χ0) is 14.0. The van der Waals surface area contributed by atoms with Crippen LogP contribution in [0.5, 0.6) is 0 Å². The summed E-state index contributed by atoms with van der Waals surface area (Å²) in [6.45, 7) is 1.56. The first-order valence-electron chi connectivity index (χ1n) is 6.34. The van der Waals surface area contributed by atoms with Crippen molar-refractivity contribution in [1.29, 1.82) is 0 Å². The van der Waals surface area contributed by atoms with Crippen molar-refractivity contribution in [3.8, 4) is 0 Å². The lowest BCUT2D eigenvalue weighted by Crippen LogP contribution is -2.37. The fourth-order valence-electron chi connectivity index (χ4n) is 2.18.